The van der Waals surface area contributed by atoms with Gasteiger partial charge < -0.3 is 5.73 Å². The van der Waals surface area contributed by atoms with Crippen molar-refractivity contribution in [2.24, 2.45) is 5.73 Å². The number of aromatic nitrogens is 1. The Morgan fingerprint density at radius 2 is 2.07 bits per heavy atom. The highest BCUT2D eigenvalue weighted by atomic mass is 35.5. The molecule has 0 aliphatic rings. The Kier molecular flexibility index (Phi) is 2.99. The first kappa shape index (κ1) is 10.1. The second-order valence-corrected chi connectivity index (χ2v) is 3.63. The summed E-state index contributed by atoms with van der Waals surface area (Å²) in [5.41, 5.74) is 8.43. The second kappa shape index (κ2) is 4.43. The minimum atomic E-state index is 0.460. The summed E-state index contributed by atoms with van der Waals surface area (Å²) in [7, 11) is 0. The van der Waals surface area contributed by atoms with Crippen molar-refractivity contribution >= 4 is 11.6 Å². The Bertz CT molecular complexity index is 454. The highest BCUT2D eigenvalue weighted by Gasteiger charge is 2.02. The molecule has 76 valence electrons. The summed E-state index contributed by atoms with van der Waals surface area (Å²) in [5, 5.41) is 0.695. The van der Waals surface area contributed by atoms with E-state index in [1.165, 1.54) is 0 Å². The number of hydrogen-bond donors (Lipinski definition) is 1. The summed E-state index contributed by atoms with van der Waals surface area (Å²) in [5.74, 6) is 0. The Balaban J connectivity index is 2.43. The van der Waals surface area contributed by atoms with E-state index in [1.54, 1.807) is 6.20 Å². The minimum Gasteiger partial charge on any atom is -0.326 e. The number of rotatable bonds is 2. The van der Waals surface area contributed by atoms with Gasteiger partial charge in [-0.05, 0) is 23.8 Å². The first-order valence-corrected chi connectivity index (χ1v) is 5.09. The molecule has 15 heavy (non-hydrogen) atoms. The smallest absolute Gasteiger partial charge is 0.0702 e. The predicted octanol–water partition coefficient (Wildman–Crippen LogP) is 2.86. The maximum atomic E-state index is 6.07. The average molecular weight is 219 g/mol. The molecule has 0 radical (unpaired) electrons. The highest BCUT2D eigenvalue weighted by Crippen LogP contribution is 2.23. The van der Waals surface area contributed by atoms with E-state index in [0.717, 1.165) is 16.8 Å². The third-order valence-corrected chi connectivity index (χ3v) is 2.59. The lowest BCUT2D eigenvalue weighted by molar-refractivity contribution is 1.07. The van der Waals surface area contributed by atoms with Crippen LogP contribution in [-0.2, 0) is 6.54 Å². The topological polar surface area (TPSA) is 38.9 Å². The fraction of sp³-hybridized carbons (Fsp3) is 0.0833. The molecule has 3 heteroatoms. The Labute approximate surface area is 93.7 Å². The standard InChI is InChI=1S/C12H11ClN2/c13-11-7-9(4-5-10(11)8-14)12-3-1-2-6-15-12/h1-7H,8,14H2. The third kappa shape index (κ3) is 2.17. The largest absolute Gasteiger partial charge is 0.326 e. The van der Waals surface area contributed by atoms with Crippen LogP contribution in [0.2, 0.25) is 5.02 Å². The van der Waals surface area contributed by atoms with Crippen LogP contribution in [0.5, 0.6) is 0 Å². The van der Waals surface area contributed by atoms with Crippen molar-refractivity contribution in [3.8, 4) is 11.3 Å². The molecule has 1 heterocycles. The van der Waals surface area contributed by atoms with Gasteiger partial charge in [0.25, 0.3) is 0 Å². The number of halogens is 1. The second-order valence-electron chi connectivity index (χ2n) is 3.23. The highest BCUT2D eigenvalue weighted by molar-refractivity contribution is 6.31. The van der Waals surface area contributed by atoms with Crippen LogP contribution in [0.25, 0.3) is 11.3 Å². The van der Waals surface area contributed by atoms with E-state index >= 15 is 0 Å². The number of pyridine rings is 1. The maximum Gasteiger partial charge on any atom is 0.0702 e. The summed E-state index contributed by atoms with van der Waals surface area (Å²) in [6, 6.07) is 11.6. The van der Waals surface area contributed by atoms with Crippen LogP contribution in [0, 0.1) is 0 Å². The summed E-state index contributed by atoms with van der Waals surface area (Å²) in [6.45, 7) is 0.460. The van der Waals surface area contributed by atoms with Crippen molar-refractivity contribution < 1.29 is 0 Å². The first-order chi connectivity index (χ1) is 7.31. The lowest BCUT2D eigenvalue weighted by Gasteiger charge is -2.04. The van der Waals surface area contributed by atoms with Gasteiger partial charge in [-0.2, -0.15) is 0 Å². The molecule has 0 atom stereocenters. The number of nitrogens with zero attached hydrogens (tertiary/aromatic N) is 1. The molecule has 1 aromatic heterocycles. The zero-order valence-corrected chi connectivity index (χ0v) is 8.91. The summed E-state index contributed by atoms with van der Waals surface area (Å²) in [6.07, 6.45) is 1.76. The molecule has 0 amide bonds. The van der Waals surface area contributed by atoms with E-state index in [2.05, 4.69) is 4.98 Å². The molecule has 2 aromatic rings. The van der Waals surface area contributed by atoms with Crippen molar-refractivity contribution in [2.45, 2.75) is 6.54 Å². The van der Waals surface area contributed by atoms with Gasteiger partial charge in [-0.3, -0.25) is 4.98 Å². The van der Waals surface area contributed by atoms with E-state index in [4.69, 9.17) is 17.3 Å². The summed E-state index contributed by atoms with van der Waals surface area (Å²) >= 11 is 6.07. The van der Waals surface area contributed by atoms with Gasteiger partial charge in [0.15, 0.2) is 0 Å². The van der Waals surface area contributed by atoms with E-state index in [1.807, 2.05) is 36.4 Å². The Hall–Kier alpha value is -1.38. The van der Waals surface area contributed by atoms with Crippen molar-refractivity contribution in [3.05, 3.63) is 53.2 Å². The summed E-state index contributed by atoms with van der Waals surface area (Å²) < 4.78 is 0. The van der Waals surface area contributed by atoms with Crippen LogP contribution < -0.4 is 5.73 Å². The molecule has 2 N–H and O–H groups in total. The van der Waals surface area contributed by atoms with E-state index < -0.39 is 0 Å². The van der Waals surface area contributed by atoms with Crippen LogP contribution in [0.3, 0.4) is 0 Å². The maximum absolute atomic E-state index is 6.07. The zero-order valence-electron chi connectivity index (χ0n) is 8.15. The van der Waals surface area contributed by atoms with Crippen LogP contribution in [0.1, 0.15) is 5.56 Å². The molecular weight excluding hydrogens is 208 g/mol. The van der Waals surface area contributed by atoms with Crippen LogP contribution in [-0.4, -0.2) is 4.98 Å². The van der Waals surface area contributed by atoms with Gasteiger partial charge in [-0.1, -0.05) is 29.8 Å². The van der Waals surface area contributed by atoms with Crippen LogP contribution >= 0.6 is 11.6 Å². The SMILES string of the molecule is NCc1ccc(-c2ccccn2)cc1Cl. The lowest BCUT2D eigenvalue weighted by atomic mass is 10.1. The number of benzene rings is 1. The molecule has 1 aromatic carbocycles. The van der Waals surface area contributed by atoms with Crippen molar-refractivity contribution in [1.29, 1.82) is 0 Å². The molecule has 0 aliphatic heterocycles. The monoisotopic (exact) mass is 218 g/mol. The number of hydrogen-bond acceptors (Lipinski definition) is 2. The average Bonchev–Trinajstić information content (AvgIpc) is 2.30. The molecule has 0 saturated heterocycles. The van der Waals surface area contributed by atoms with Gasteiger partial charge in [-0.15, -0.1) is 0 Å². The molecule has 0 fully saturated rings. The van der Waals surface area contributed by atoms with Gasteiger partial charge >= 0.3 is 0 Å². The van der Waals surface area contributed by atoms with E-state index in [9.17, 15) is 0 Å². The predicted molar refractivity (Wildman–Crippen MR) is 62.6 cm³/mol. The van der Waals surface area contributed by atoms with Crippen molar-refractivity contribution in [2.75, 3.05) is 0 Å². The van der Waals surface area contributed by atoms with Gasteiger partial charge in [0, 0.05) is 23.3 Å². The Morgan fingerprint density at radius 1 is 1.20 bits per heavy atom. The molecular formula is C12H11ClN2. The molecule has 0 spiro atoms. The van der Waals surface area contributed by atoms with Gasteiger partial charge in [0.1, 0.15) is 0 Å². The molecule has 0 aliphatic carbocycles. The molecule has 0 bridgehead atoms. The fourth-order valence-corrected chi connectivity index (χ4v) is 1.66. The van der Waals surface area contributed by atoms with E-state index in [0.29, 0.717) is 11.6 Å². The van der Waals surface area contributed by atoms with Crippen molar-refractivity contribution in [1.82, 2.24) is 4.98 Å². The zero-order chi connectivity index (χ0) is 10.7. The summed E-state index contributed by atoms with van der Waals surface area (Å²) in [4.78, 5) is 4.26. The fourth-order valence-electron chi connectivity index (χ4n) is 1.41. The molecule has 2 rings (SSSR count). The quantitative estimate of drug-likeness (QED) is 0.842. The molecule has 2 nitrogen and oxygen atoms in total. The lowest BCUT2D eigenvalue weighted by Crippen LogP contribution is -1.97. The first-order valence-electron chi connectivity index (χ1n) is 4.71. The van der Waals surface area contributed by atoms with Crippen LogP contribution in [0.15, 0.2) is 42.6 Å². The van der Waals surface area contributed by atoms with Gasteiger partial charge in [0.05, 0.1) is 5.69 Å². The van der Waals surface area contributed by atoms with Gasteiger partial charge in [-0.25, -0.2) is 0 Å². The normalized spacial score (nSPS) is 10.3. The molecule has 0 unspecified atom stereocenters. The van der Waals surface area contributed by atoms with E-state index in [-0.39, 0.29) is 0 Å². The molecule has 0 saturated carbocycles. The van der Waals surface area contributed by atoms with Gasteiger partial charge in [0.2, 0.25) is 0 Å². The Morgan fingerprint density at radius 3 is 2.67 bits per heavy atom. The van der Waals surface area contributed by atoms with Crippen molar-refractivity contribution in [3.63, 3.8) is 0 Å². The third-order valence-electron chi connectivity index (χ3n) is 2.23. The van der Waals surface area contributed by atoms with Crippen LogP contribution in [0.4, 0.5) is 0 Å². The number of nitrogens with two attached hydrogens (primary N) is 1. The minimum absolute atomic E-state index is 0.460.